The highest BCUT2D eigenvalue weighted by molar-refractivity contribution is 5.97. The molecule has 36 heavy (non-hydrogen) atoms. The molecule has 0 aliphatic carbocycles. The molecule has 0 radical (unpaired) electrons. The maximum absolute atomic E-state index is 13.3. The highest BCUT2D eigenvalue weighted by Crippen LogP contribution is 2.28. The number of para-hydroxylation sites is 1. The Kier molecular flexibility index (Phi) is 11.2. The van der Waals surface area contributed by atoms with E-state index < -0.39 is 30.0 Å². The second-order valence-corrected chi connectivity index (χ2v) is 9.05. The lowest BCUT2D eigenvalue weighted by molar-refractivity contribution is -0.139. The van der Waals surface area contributed by atoms with E-state index in [1.807, 2.05) is 44.2 Å². The number of anilines is 1. The van der Waals surface area contributed by atoms with Gasteiger partial charge in [-0.05, 0) is 61.9 Å². The fourth-order valence-electron chi connectivity index (χ4n) is 3.74. The number of aliphatic carboxylic acids is 1. The summed E-state index contributed by atoms with van der Waals surface area (Å²) in [6, 6.07) is 11.9. The Bertz CT molecular complexity index is 1010. The Morgan fingerprint density at radius 2 is 1.56 bits per heavy atom. The summed E-state index contributed by atoms with van der Waals surface area (Å²) >= 11 is 0. The average Bonchev–Trinajstić information content (AvgIpc) is 2.85. The molecule has 196 valence electrons. The van der Waals surface area contributed by atoms with Crippen LogP contribution in [0.2, 0.25) is 0 Å². The third-order valence-electron chi connectivity index (χ3n) is 5.69. The Labute approximate surface area is 212 Å². The predicted molar refractivity (Wildman–Crippen MR) is 138 cm³/mol. The van der Waals surface area contributed by atoms with Crippen LogP contribution in [0.4, 0.5) is 5.69 Å². The van der Waals surface area contributed by atoms with Crippen LogP contribution >= 0.6 is 0 Å². The Hall–Kier alpha value is -3.59. The predicted octanol–water partition coefficient (Wildman–Crippen LogP) is 3.24. The molecule has 2 rings (SSSR count). The van der Waals surface area contributed by atoms with Crippen molar-refractivity contribution in [3.8, 4) is 11.5 Å². The minimum Gasteiger partial charge on any atom is -0.493 e. The van der Waals surface area contributed by atoms with E-state index >= 15 is 0 Å². The second-order valence-electron chi connectivity index (χ2n) is 9.05. The fraction of sp³-hybridized carbons (Fsp3) is 0.444. The number of methoxy groups -OCH3 is 2. The molecule has 0 saturated heterocycles. The van der Waals surface area contributed by atoms with Gasteiger partial charge in [0.05, 0.1) is 20.3 Å². The van der Waals surface area contributed by atoms with Crippen molar-refractivity contribution in [1.82, 2.24) is 10.6 Å². The van der Waals surface area contributed by atoms with Gasteiger partial charge in [-0.2, -0.15) is 0 Å². The summed E-state index contributed by atoms with van der Waals surface area (Å²) in [5, 5.41) is 18.0. The quantitative estimate of drug-likeness (QED) is 0.314. The first kappa shape index (κ1) is 28.6. The molecule has 0 aromatic heterocycles. The minimum atomic E-state index is -1.07. The van der Waals surface area contributed by atoms with E-state index in [4.69, 9.17) is 9.47 Å². The molecule has 0 saturated carbocycles. The summed E-state index contributed by atoms with van der Waals surface area (Å²) in [5.41, 5.74) is 1.53. The average molecular weight is 500 g/mol. The van der Waals surface area contributed by atoms with Crippen LogP contribution in [0.15, 0.2) is 48.5 Å². The van der Waals surface area contributed by atoms with Crippen molar-refractivity contribution in [2.75, 3.05) is 19.5 Å². The van der Waals surface area contributed by atoms with Gasteiger partial charge in [-0.25, -0.2) is 0 Å². The molecule has 9 nitrogen and oxygen atoms in total. The van der Waals surface area contributed by atoms with Gasteiger partial charge in [-0.15, -0.1) is 0 Å². The van der Waals surface area contributed by atoms with Crippen molar-refractivity contribution < 1.29 is 29.0 Å². The van der Waals surface area contributed by atoms with Gasteiger partial charge in [0.25, 0.3) is 0 Å². The number of nitrogens with one attached hydrogen (secondary N) is 3. The van der Waals surface area contributed by atoms with E-state index in [-0.39, 0.29) is 11.8 Å². The zero-order valence-electron chi connectivity index (χ0n) is 21.5. The first-order valence-electron chi connectivity index (χ1n) is 12.0. The molecule has 0 bridgehead atoms. The molecular formula is C27H37N3O6. The minimum absolute atomic E-state index is 0.146. The SMILES string of the molecule is COc1ccc(CC[C@H](N[C@H](C)C(=O)O)C(=O)N[C@@H](CC(C)C)C(=O)Nc2ccccc2)cc1OC. The summed E-state index contributed by atoms with van der Waals surface area (Å²) in [4.78, 5) is 37.8. The second kappa shape index (κ2) is 14.1. The van der Waals surface area contributed by atoms with Gasteiger partial charge in [0.2, 0.25) is 11.8 Å². The van der Waals surface area contributed by atoms with Crippen molar-refractivity contribution in [3.05, 3.63) is 54.1 Å². The Morgan fingerprint density at radius 3 is 2.14 bits per heavy atom. The maximum Gasteiger partial charge on any atom is 0.320 e. The zero-order valence-corrected chi connectivity index (χ0v) is 21.5. The lowest BCUT2D eigenvalue weighted by atomic mass is 10.0. The molecule has 4 N–H and O–H groups in total. The van der Waals surface area contributed by atoms with Crippen molar-refractivity contribution in [1.29, 1.82) is 0 Å². The van der Waals surface area contributed by atoms with E-state index in [0.717, 1.165) is 5.56 Å². The molecule has 0 aliphatic rings. The monoisotopic (exact) mass is 499 g/mol. The number of hydrogen-bond acceptors (Lipinski definition) is 6. The first-order valence-corrected chi connectivity index (χ1v) is 12.0. The maximum atomic E-state index is 13.3. The highest BCUT2D eigenvalue weighted by atomic mass is 16.5. The number of hydrogen-bond donors (Lipinski definition) is 4. The van der Waals surface area contributed by atoms with E-state index in [1.54, 1.807) is 32.4 Å². The Balaban J connectivity index is 2.17. The van der Waals surface area contributed by atoms with Crippen LogP contribution < -0.4 is 25.4 Å². The van der Waals surface area contributed by atoms with Crippen LogP contribution in [-0.4, -0.2) is 55.2 Å². The number of aryl methyl sites for hydroxylation is 1. The topological polar surface area (TPSA) is 126 Å². The van der Waals surface area contributed by atoms with Gasteiger partial charge in [0, 0.05) is 5.69 Å². The van der Waals surface area contributed by atoms with Crippen molar-refractivity contribution in [3.63, 3.8) is 0 Å². The smallest absolute Gasteiger partial charge is 0.320 e. The molecule has 2 amide bonds. The molecule has 0 spiro atoms. The van der Waals surface area contributed by atoms with Gasteiger partial charge in [-0.1, -0.05) is 38.1 Å². The highest BCUT2D eigenvalue weighted by Gasteiger charge is 2.28. The number of carbonyl (C=O) groups excluding carboxylic acids is 2. The van der Waals surface area contributed by atoms with Crippen LogP contribution in [0, 0.1) is 5.92 Å². The zero-order chi connectivity index (χ0) is 26.7. The van der Waals surface area contributed by atoms with Crippen molar-refractivity contribution in [2.24, 2.45) is 5.92 Å². The van der Waals surface area contributed by atoms with E-state index in [2.05, 4.69) is 16.0 Å². The molecule has 9 heteroatoms. The molecule has 2 aromatic rings. The van der Waals surface area contributed by atoms with Crippen LogP contribution in [-0.2, 0) is 20.8 Å². The number of carboxylic acid groups (broad SMARTS) is 1. The van der Waals surface area contributed by atoms with E-state index in [9.17, 15) is 19.5 Å². The summed E-state index contributed by atoms with van der Waals surface area (Å²) in [7, 11) is 3.10. The molecular weight excluding hydrogens is 462 g/mol. The molecule has 3 atom stereocenters. The third kappa shape index (κ3) is 8.88. The lowest BCUT2D eigenvalue weighted by Crippen LogP contribution is -2.54. The normalized spacial score (nSPS) is 13.4. The summed E-state index contributed by atoms with van der Waals surface area (Å²) in [6.07, 6.45) is 1.22. The van der Waals surface area contributed by atoms with Crippen molar-refractivity contribution >= 4 is 23.5 Å². The van der Waals surface area contributed by atoms with Crippen LogP contribution in [0.1, 0.15) is 39.2 Å². The van der Waals surface area contributed by atoms with E-state index in [1.165, 1.54) is 6.92 Å². The molecule has 0 aliphatic heterocycles. The van der Waals surface area contributed by atoms with Crippen molar-refractivity contribution in [2.45, 2.75) is 58.2 Å². The van der Waals surface area contributed by atoms with Gasteiger partial charge < -0.3 is 25.2 Å². The van der Waals surface area contributed by atoms with Gasteiger partial charge in [0.1, 0.15) is 12.1 Å². The van der Waals surface area contributed by atoms with E-state index in [0.29, 0.717) is 36.4 Å². The fourth-order valence-corrected chi connectivity index (χ4v) is 3.74. The van der Waals surface area contributed by atoms with Gasteiger partial charge in [-0.3, -0.25) is 19.7 Å². The molecule has 2 aromatic carbocycles. The number of benzene rings is 2. The molecule has 0 fully saturated rings. The first-order chi connectivity index (χ1) is 17.1. The molecule has 0 heterocycles. The van der Waals surface area contributed by atoms with Crippen LogP contribution in [0.5, 0.6) is 11.5 Å². The number of amides is 2. The summed E-state index contributed by atoms with van der Waals surface area (Å²) in [5.74, 6) is -0.524. The number of rotatable bonds is 14. The number of carboxylic acids is 1. The van der Waals surface area contributed by atoms with Gasteiger partial charge >= 0.3 is 5.97 Å². The summed E-state index contributed by atoms with van der Waals surface area (Å²) < 4.78 is 10.6. The standard InChI is InChI=1S/C27H37N3O6/c1-17(2)15-22(26(32)29-20-9-7-6-8-10-20)30-25(31)21(28-18(3)27(33)34)13-11-19-12-14-23(35-4)24(16-19)36-5/h6-10,12,14,16-18,21-22,28H,11,13,15H2,1-5H3,(H,29,32)(H,30,31)(H,33,34)/t18-,21+,22+/m1/s1. The van der Waals surface area contributed by atoms with Gasteiger partial charge in [0.15, 0.2) is 11.5 Å². The number of carbonyl (C=O) groups is 3. The summed E-state index contributed by atoms with van der Waals surface area (Å²) in [6.45, 7) is 5.41. The number of ether oxygens (including phenoxy) is 2. The third-order valence-corrected chi connectivity index (χ3v) is 5.69. The Morgan fingerprint density at radius 1 is 0.889 bits per heavy atom. The lowest BCUT2D eigenvalue weighted by Gasteiger charge is -2.25. The van der Waals surface area contributed by atoms with Crippen LogP contribution in [0.3, 0.4) is 0 Å². The van der Waals surface area contributed by atoms with Crippen LogP contribution in [0.25, 0.3) is 0 Å². The largest absolute Gasteiger partial charge is 0.493 e. The molecule has 0 unspecified atom stereocenters.